The van der Waals surface area contributed by atoms with E-state index in [9.17, 15) is 13.2 Å². The van der Waals surface area contributed by atoms with Crippen molar-refractivity contribution in [1.82, 2.24) is 14.3 Å². The Kier molecular flexibility index (Phi) is 4.47. The fourth-order valence-electron chi connectivity index (χ4n) is 1.27. The topological polar surface area (TPSA) is 103 Å². The van der Waals surface area contributed by atoms with Crippen molar-refractivity contribution in [2.45, 2.75) is 18.4 Å². The number of carbonyl (C=O) groups is 1. The lowest BCUT2D eigenvalue weighted by molar-refractivity contribution is -0.137. The summed E-state index contributed by atoms with van der Waals surface area (Å²) in [6.07, 6.45) is 6.73. The van der Waals surface area contributed by atoms with Crippen LogP contribution in [0.3, 0.4) is 0 Å². The number of carboxylic acid groups (broad SMARTS) is 1. The number of hydrogen-bond donors (Lipinski definition) is 2. The standard InChI is InChI=1S/C10H13N3O4S/c1-3-5-13(7-10(14)15)18(16,17)9-6-11-8(4-2)12-9/h1,6H,4-5,7H2,2H3,(H,11,12)(H,14,15). The summed E-state index contributed by atoms with van der Waals surface area (Å²) >= 11 is 0. The summed E-state index contributed by atoms with van der Waals surface area (Å²) in [5, 5.41) is 8.51. The number of sulfonamides is 1. The number of aryl methyl sites for hydroxylation is 1. The van der Waals surface area contributed by atoms with Crippen LogP contribution in [-0.2, 0) is 21.2 Å². The number of imidazole rings is 1. The van der Waals surface area contributed by atoms with E-state index < -0.39 is 22.5 Å². The van der Waals surface area contributed by atoms with E-state index in [1.807, 2.05) is 6.92 Å². The van der Waals surface area contributed by atoms with Crippen LogP contribution in [0, 0.1) is 12.3 Å². The van der Waals surface area contributed by atoms with E-state index in [0.717, 1.165) is 6.20 Å². The molecule has 0 unspecified atom stereocenters. The van der Waals surface area contributed by atoms with E-state index in [1.165, 1.54) is 0 Å². The van der Waals surface area contributed by atoms with Crippen molar-refractivity contribution in [2.75, 3.05) is 13.1 Å². The Bertz CT molecular complexity index is 570. The van der Waals surface area contributed by atoms with Gasteiger partial charge in [0, 0.05) is 6.42 Å². The van der Waals surface area contributed by atoms with Crippen molar-refractivity contribution in [1.29, 1.82) is 0 Å². The summed E-state index contributed by atoms with van der Waals surface area (Å²) in [4.78, 5) is 17.1. The summed E-state index contributed by atoms with van der Waals surface area (Å²) in [6.45, 7) is 0.813. The van der Waals surface area contributed by atoms with Gasteiger partial charge in [-0.2, -0.15) is 4.31 Å². The normalized spacial score (nSPS) is 11.4. The molecule has 0 saturated heterocycles. The Morgan fingerprint density at radius 2 is 2.33 bits per heavy atom. The Morgan fingerprint density at radius 1 is 1.67 bits per heavy atom. The molecule has 0 aliphatic heterocycles. The third-order valence-electron chi connectivity index (χ3n) is 2.14. The van der Waals surface area contributed by atoms with Crippen molar-refractivity contribution >= 4 is 16.0 Å². The van der Waals surface area contributed by atoms with Gasteiger partial charge in [-0.1, -0.05) is 12.8 Å². The summed E-state index contributed by atoms with van der Waals surface area (Å²) < 4.78 is 24.9. The number of aromatic amines is 1. The van der Waals surface area contributed by atoms with Gasteiger partial charge in [-0.25, -0.2) is 13.4 Å². The second-order valence-electron chi connectivity index (χ2n) is 3.42. The molecule has 2 N–H and O–H groups in total. The molecule has 0 radical (unpaired) electrons. The third-order valence-corrected chi connectivity index (χ3v) is 3.84. The minimum Gasteiger partial charge on any atom is -0.480 e. The van der Waals surface area contributed by atoms with Crippen molar-refractivity contribution in [2.24, 2.45) is 0 Å². The van der Waals surface area contributed by atoms with Crippen LogP contribution in [0.1, 0.15) is 12.7 Å². The number of terminal acetylenes is 1. The summed E-state index contributed by atoms with van der Waals surface area (Å²) in [6, 6.07) is 0. The molecule has 0 amide bonds. The Labute approximate surface area is 105 Å². The number of rotatable bonds is 6. The first-order valence-electron chi connectivity index (χ1n) is 5.11. The van der Waals surface area contributed by atoms with E-state index in [0.29, 0.717) is 16.6 Å². The SMILES string of the molecule is C#CCN(CC(=O)O)S(=O)(=O)c1cnc(CC)[nH]1. The Balaban J connectivity index is 3.08. The highest BCUT2D eigenvalue weighted by Gasteiger charge is 2.27. The number of nitrogens with one attached hydrogen (secondary N) is 1. The maximum Gasteiger partial charge on any atom is 0.318 e. The monoisotopic (exact) mass is 271 g/mol. The van der Waals surface area contributed by atoms with Crippen LogP contribution >= 0.6 is 0 Å². The molecular weight excluding hydrogens is 258 g/mol. The van der Waals surface area contributed by atoms with E-state index in [1.54, 1.807) is 0 Å². The van der Waals surface area contributed by atoms with Gasteiger partial charge in [-0.05, 0) is 0 Å². The first-order chi connectivity index (χ1) is 8.41. The Morgan fingerprint density at radius 3 is 2.78 bits per heavy atom. The molecule has 1 aromatic rings. The number of aromatic nitrogens is 2. The average Bonchev–Trinajstić information content (AvgIpc) is 2.77. The molecule has 1 aromatic heterocycles. The van der Waals surface area contributed by atoms with E-state index in [-0.39, 0.29) is 11.6 Å². The summed E-state index contributed by atoms with van der Waals surface area (Å²) in [5.74, 6) is 1.35. The molecule has 0 fully saturated rings. The second kappa shape index (κ2) is 5.66. The molecule has 1 heterocycles. The lowest BCUT2D eigenvalue weighted by Crippen LogP contribution is -2.36. The highest BCUT2D eigenvalue weighted by atomic mass is 32.2. The van der Waals surface area contributed by atoms with Crippen LogP contribution in [0.4, 0.5) is 0 Å². The van der Waals surface area contributed by atoms with E-state index >= 15 is 0 Å². The predicted molar refractivity (Wildman–Crippen MR) is 63.2 cm³/mol. The maximum absolute atomic E-state index is 12.1. The lowest BCUT2D eigenvalue weighted by Gasteiger charge is -2.16. The predicted octanol–water partition coefficient (Wildman–Crippen LogP) is -0.319. The number of aliphatic carboxylic acids is 1. The van der Waals surface area contributed by atoms with E-state index in [2.05, 4.69) is 15.9 Å². The molecule has 7 nitrogen and oxygen atoms in total. The molecule has 0 atom stereocenters. The quantitative estimate of drug-likeness (QED) is 0.690. The minimum absolute atomic E-state index is 0.157. The first kappa shape index (κ1) is 14.2. The molecule has 8 heteroatoms. The van der Waals surface area contributed by atoms with Crippen molar-refractivity contribution in [3.05, 3.63) is 12.0 Å². The van der Waals surface area contributed by atoms with Gasteiger partial charge in [0.2, 0.25) is 0 Å². The van der Waals surface area contributed by atoms with Gasteiger partial charge < -0.3 is 10.1 Å². The number of nitrogens with zero attached hydrogens (tertiary/aromatic N) is 2. The zero-order chi connectivity index (χ0) is 13.8. The van der Waals surface area contributed by atoms with Gasteiger partial charge in [0.1, 0.15) is 12.4 Å². The van der Waals surface area contributed by atoms with Crippen LogP contribution in [0.15, 0.2) is 11.2 Å². The van der Waals surface area contributed by atoms with Gasteiger partial charge in [0.15, 0.2) is 5.03 Å². The van der Waals surface area contributed by atoms with Gasteiger partial charge in [-0.15, -0.1) is 6.42 Å². The minimum atomic E-state index is -3.96. The summed E-state index contributed by atoms with van der Waals surface area (Å²) in [7, 11) is -3.96. The number of H-pyrrole nitrogens is 1. The zero-order valence-electron chi connectivity index (χ0n) is 9.75. The molecule has 18 heavy (non-hydrogen) atoms. The molecule has 0 aromatic carbocycles. The fraction of sp³-hybridized carbons (Fsp3) is 0.400. The summed E-state index contributed by atoms with van der Waals surface area (Å²) in [5.41, 5.74) is 0. The van der Waals surface area contributed by atoms with Crippen molar-refractivity contribution < 1.29 is 18.3 Å². The molecular formula is C10H13N3O4S. The maximum atomic E-state index is 12.1. The third kappa shape index (κ3) is 3.09. The van der Waals surface area contributed by atoms with Crippen molar-refractivity contribution in [3.8, 4) is 12.3 Å². The van der Waals surface area contributed by atoms with Crippen LogP contribution in [-0.4, -0.2) is 46.9 Å². The highest BCUT2D eigenvalue weighted by Crippen LogP contribution is 2.13. The van der Waals surface area contributed by atoms with Gasteiger partial charge >= 0.3 is 5.97 Å². The first-order valence-corrected chi connectivity index (χ1v) is 6.55. The largest absolute Gasteiger partial charge is 0.480 e. The highest BCUT2D eigenvalue weighted by molar-refractivity contribution is 7.89. The van der Waals surface area contributed by atoms with Crippen LogP contribution in [0.2, 0.25) is 0 Å². The molecule has 0 aliphatic rings. The second-order valence-corrected chi connectivity index (χ2v) is 5.33. The smallest absolute Gasteiger partial charge is 0.318 e. The Hall–Kier alpha value is -1.85. The van der Waals surface area contributed by atoms with Gasteiger partial charge in [0.05, 0.1) is 12.7 Å². The lowest BCUT2D eigenvalue weighted by atomic mass is 10.5. The molecule has 0 aliphatic carbocycles. The molecule has 0 saturated carbocycles. The average molecular weight is 271 g/mol. The fourth-order valence-corrected chi connectivity index (χ4v) is 2.51. The van der Waals surface area contributed by atoms with Crippen molar-refractivity contribution in [3.63, 3.8) is 0 Å². The zero-order valence-corrected chi connectivity index (χ0v) is 10.6. The van der Waals surface area contributed by atoms with Gasteiger partial charge in [-0.3, -0.25) is 4.79 Å². The van der Waals surface area contributed by atoms with Crippen LogP contribution < -0.4 is 0 Å². The number of carboxylic acids is 1. The molecule has 0 bridgehead atoms. The molecule has 0 spiro atoms. The van der Waals surface area contributed by atoms with Gasteiger partial charge in [0.25, 0.3) is 10.0 Å². The molecule has 1 rings (SSSR count). The van der Waals surface area contributed by atoms with Crippen LogP contribution in [0.25, 0.3) is 0 Å². The number of hydrogen-bond acceptors (Lipinski definition) is 4. The molecule has 98 valence electrons. The van der Waals surface area contributed by atoms with Crippen LogP contribution in [0.5, 0.6) is 0 Å². The van der Waals surface area contributed by atoms with E-state index in [4.69, 9.17) is 11.5 Å².